The van der Waals surface area contributed by atoms with Crippen LogP contribution in [0.1, 0.15) is 16.9 Å². The number of rotatable bonds is 6. The molecule has 0 spiro atoms. The monoisotopic (exact) mass is 605 g/mol. The number of hydrogen-bond donors (Lipinski definition) is 2. The normalized spacial score (nSPS) is 18.6. The van der Waals surface area contributed by atoms with E-state index in [-0.39, 0.29) is 18.2 Å². The molecule has 0 unspecified atom stereocenters. The molecule has 41 heavy (non-hydrogen) atoms. The minimum atomic E-state index is -0.279. The van der Waals surface area contributed by atoms with Crippen LogP contribution in [-0.4, -0.2) is 66.0 Å². The van der Waals surface area contributed by atoms with E-state index in [1.165, 1.54) is 4.90 Å². The molecule has 2 aliphatic rings. The Kier molecular flexibility index (Phi) is 8.89. The number of aromatic nitrogens is 2. The van der Waals surface area contributed by atoms with Gasteiger partial charge in [-0.3, -0.25) is 5.32 Å². The van der Waals surface area contributed by atoms with Crippen LogP contribution in [0.3, 0.4) is 0 Å². The van der Waals surface area contributed by atoms with Gasteiger partial charge in [0.05, 0.1) is 34.3 Å². The third kappa shape index (κ3) is 7.12. The first kappa shape index (κ1) is 27.8. The van der Waals surface area contributed by atoms with Gasteiger partial charge in [-0.2, -0.15) is 0 Å². The number of hydrogen-bond acceptors (Lipinski definition) is 9. The number of carbonyl (C=O) groups is 1. The van der Waals surface area contributed by atoms with Crippen LogP contribution in [-0.2, 0) is 15.2 Å². The lowest BCUT2D eigenvalue weighted by molar-refractivity contribution is 0.0156. The van der Waals surface area contributed by atoms with E-state index in [2.05, 4.69) is 44.6 Å². The number of nitrogens with zero attached hydrogens (tertiary/aromatic N) is 3. The Balaban J connectivity index is 1.08. The molecule has 1 amide bonds. The summed E-state index contributed by atoms with van der Waals surface area (Å²) in [6, 6.07) is 18.2. The summed E-state index contributed by atoms with van der Waals surface area (Å²) in [5.41, 5.74) is 2.76. The van der Waals surface area contributed by atoms with Crippen molar-refractivity contribution in [2.24, 2.45) is 0 Å². The Hall–Kier alpha value is -3.33. The number of fused-ring (bicyclic) bond motifs is 1. The molecule has 2 aromatic heterocycles. The highest BCUT2D eigenvalue weighted by atomic mass is 35.5. The molecule has 0 bridgehead atoms. The number of ether oxygens (including phenoxy) is 2. The number of carbonyl (C=O) groups excluding carboxylic acids is 1. The summed E-state index contributed by atoms with van der Waals surface area (Å²) in [7, 11) is 0. The Morgan fingerprint density at radius 2 is 2.05 bits per heavy atom. The SMILES string of the molecule is O=C(O[C@H]1CN[C@H](C#Cc2cc3ncnc(Nc4ccc(CSc5ccccc5)c(Cl)c4)c3s2)C1)N1CCOCC1. The van der Waals surface area contributed by atoms with Crippen LogP contribution in [0.4, 0.5) is 16.3 Å². The molecule has 210 valence electrons. The standard InChI is InChI=1S/C30H28ClN5O3S2/c31-26-15-22(7-6-20(26)18-40-24-4-2-1-3-5-24)35-29-28-27(33-19-34-29)16-25(41-28)9-8-21-14-23(17-32-21)39-30(37)36-10-12-38-13-11-36/h1-7,15-16,19,21,23,32H,10-14,17-18H2,(H,33,34,35)/t21-,23-/m1/s1. The summed E-state index contributed by atoms with van der Waals surface area (Å²) in [5.74, 6) is 8.06. The molecule has 2 N–H and O–H groups in total. The highest BCUT2D eigenvalue weighted by Crippen LogP contribution is 2.33. The fourth-order valence-corrected chi connectivity index (χ4v) is 6.75. The first-order chi connectivity index (χ1) is 20.1. The molecule has 2 aromatic carbocycles. The number of anilines is 2. The number of halogens is 1. The maximum absolute atomic E-state index is 12.4. The van der Waals surface area contributed by atoms with E-state index in [1.54, 1.807) is 34.3 Å². The van der Waals surface area contributed by atoms with Crippen molar-refractivity contribution in [1.29, 1.82) is 0 Å². The molecule has 2 fully saturated rings. The Morgan fingerprint density at radius 1 is 1.20 bits per heavy atom. The number of morpholine rings is 1. The van der Waals surface area contributed by atoms with Gasteiger partial charge in [0.15, 0.2) is 5.82 Å². The zero-order valence-electron chi connectivity index (χ0n) is 22.1. The van der Waals surface area contributed by atoms with Gasteiger partial charge in [-0.05, 0) is 35.9 Å². The molecule has 6 rings (SSSR count). The lowest BCUT2D eigenvalue weighted by atomic mass is 10.2. The third-order valence-electron chi connectivity index (χ3n) is 6.76. The highest BCUT2D eigenvalue weighted by Gasteiger charge is 2.28. The average molecular weight is 606 g/mol. The van der Waals surface area contributed by atoms with Crippen molar-refractivity contribution >= 4 is 62.5 Å². The zero-order chi connectivity index (χ0) is 28.0. The minimum absolute atomic E-state index is 0.0490. The molecule has 4 heterocycles. The van der Waals surface area contributed by atoms with Gasteiger partial charge < -0.3 is 19.7 Å². The summed E-state index contributed by atoms with van der Waals surface area (Å²) < 4.78 is 11.9. The molecule has 0 aliphatic carbocycles. The van der Waals surface area contributed by atoms with Crippen molar-refractivity contribution in [3.05, 3.63) is 76.4 Å². The predicted octanol–water partition coefficient (Wildman–Crippen LogP) is 5.93. The Labute approximate surface area is 251 Å². The van der Waals surface area contributed by atoms with E-state index in [4.69, 9.17) is 21.1 Å². The zero-order valence-corrected chi connectivity index (χ0v) is 24.5. The molecule has 8 nitrogen and oxygen atoms in total. The van der Waals surface area contributed by atoms with E-state index in [0.29, 0.717) is 50.1 Å². The van der Waals surface area contributed by atoms with E-state index in [9.17, 15) is 4.79 Å². The molecular weight excluding hydrogens is 578 g/mol. The number of amides is 1. The Bertz CT molecular complexity index is 1580. The molecule has 0 saturated carbocycles. The van der Waals surface area contributed by atoms with Gasteiger partial charge in [-0.25, -0.2) is 14.8 Å². The number of benzene rings is 2. The van der Waals surface area contributed by atoms with Crippen molar-refractivity contribution in [3.8, 4) is 11.8 Å². The van der Waals surface area contributed by atoms with Gasteiger partial charge in [0.1, 0.15) is 12.4 Å². The summed E-state index contributed by atoms with van der Waals surface area (Å²) in [6.45, 7) is 2.84. The van der Waals surface area contributed by atoms with Crippen LogP contribution in [0.2, 0.25) is 5.02 Å². The van der Waals surface area contributed by atoms with Gasteiger partial charge in [-0.15, -0.1) is 23.1 Å². The molecule has 0 radical (unpaired) electrons. The van der Waals surface area contributed by atoms with Crippen LogP contribution < -0.4 is 10.6 Å². The van der Waals surface area contributed by atoms with E-state index < -0.39 is 0 Å². The smallest absolute Gasteiger partial charge is 0.410 e. The fraction of sp³-hybridized carbons (Fsp3) is 0.300. The molecule has 2 saturated heterocycles. The maximum atomic E-state index is 12.4. The molecular formula is C30H28ClN5O3S2. The van der Waals surface area contributed by atoms with Crippen molar-refractivity contribution in [2.45, 2.75) is 29.2 Å². The first-order valence-corrected chi connectivity index (χ1v) is 15.5. The molecule has 2 atom stereocenters. The molecule has 2 aliphatic heterocycles. The first-order valence-electron chi connectivity index (χ1n) is 13.4. The number of thioether (sulfide) groups is 1. The van der Waals surface area contributed by atoms with Gasteiger partial charge in [0.25, 0.3) is 0 Å². The second-order valence-electron chi connectivity index (χ2n) is 9.65. The van der Waals surface area contributed by atoms with Crippen molar-refractivity contribution in [3.63, 3.8) is 0 Å². The summed E-state index contributed by atoms with van der Waals surface area (Å²) in [4.78, 5) is 25.1. The number of nitrogens with one attached hydrogen (secondary N) is 2. The topological polar surface area (TPSA) is 88.6 Å². The van der Waals surface area contributed by atoms with Gasteiger partial charge >= 0.3 is 6.09 Å². The van der Waals surface area contributed by atoms with Crippen LogP contribution in [0, 0.1) is 11.8 Å². The van der Waals surface area contributed by atoms with E-state index in [0.717, 1.165) is 32.1 Å². The summed E-state index contributed by atoms with van der Waals surface area (Å²) in [5, 5.41) is 7.45. The largest absolute Gasteiger partial charge is 0.445 e. The number of thiophene rings is 1. The quantitative estimate of drug-likeness (QED) is 0.206. The van der Waals surface area contributed by atoms with Gasteiger partial charge in [0.2, 0.25) is 0 Å². The van der Waals surface area contributed by atoms with Gasteiger partial charge in [-0.1, -0.05) is 47.7 Å². The van der Waals surface area contributed by atoms with Gasteiger partial charge in [0, 0.05) is 47.4 Å². The predicted molar refractivity (Wildman–Crippen MR) is 164 cm³/mol. The summed E-state index contributed by atoms with van der Waals surface area (Å²) in [6.07, 6.45) is 1.73. The summed E-state index contributed by atoms with van der Waals surface area (Å²) >= 11 is 9.92. The molecule has 11 heteroatoms. The van der Waals surface area contributed by atoms with Crippen molar-refractivity contribution in [2.75, 3.05) is 38.2 Å². The van der Waals surface area contributed by atoms with Crippen molar-refractivity contribution < 1.29 is 14.3 Å². The van der Waals surface area contributed by atoms with Crippen LogP contribution in [0.15, 0.2) is 65.8 Å². The molecule has 4 aromatic rings. The van der Waals surface area contributed by atoms with Crippen LogP contribution in [0.25, 0.3) is 10.2 Å². The Morgan fingerprint density at radius 3 is 2.88 bits per heavy atom. The minimum Gasteiger partial charge on any atom is -0.445 e. The highest BCUT2D eigenvalue weighted by molar-refractivity contribution is 7.98. The second-order valence-corrected chi connectivity index (χ2v) is 12.2. The average Bonchev–Trinajstić information content (AvgIpc) is 3.64. The fourth-order valence-electron chi connectivity index (χ4n) is 4.59. The van der Waals surface area contributed by atoms with Crippen LogP contribution in [0.5, 0.6) is 0 Å². The lowest BCUT2D eigenvalue weighted by Crippen LogP contribution is -2.42. The van der Waals surface area contributed by atoms with E-state index in [1.807, 2.05) is 42.5 Å². The van der Waals surface area contributed by atoms with Crippen molar-refractivity contribution in [1.82, 2.24) is 20.2 Å². The lowest BCUT2D eigenvalue weighted by Gasteiger charge is -2.27. The third-order valence-corrected chi connectivity index (χ3v) is 9.22. The maximum Gasteiger partial charge on any atom is 0.410 e. The van der Waals surface area contributed by atoms with E-state index >= 15 is 0 Å². The van der Waals surface area contributed by atoms with Crippen LogP contribution >= 0.6 is 34.7 Å². The second kappa shape index (κ2) is 13.1.